The molecule has 2 rings (SSSR count). The van der Waals surface area contributed by atoms with Gasteiger partial charge in [-0.05, 0) is 18.1 Å². The molecule has 0 aromatic heterocycles. The second kappa shape index (κ2) is 6.74. The Morgan fingerprint density at radius 2 is 2.30 bits per heavy atom. The van der Waals surface area contributed by atoms with E-state index in [9.17, 15) is 14.7 Å². The number of hydrogen-bond acceptors (Lipinski definition) is 4. The summed E-state index contributed by atoms with van der Waals surface area (Å²) in [4.78, 5) is 24.9. The molecule has 1 unspecified atom stereocenters. The van der Waals surface area contributed by atoms with E-state index in [0.717, 1.165) is 15.7 Å². The summed E-state index contributed by atoms with van der Waals surface area (Å²) in [5, 5.41) is 9.47. The van der Waals surface area contributed by atoms with Crippen molar-refractivity contribution in [2.75, 3.05) is 17.2 Å². The quantitative estimate of drug-likeness (QED) is 0.899. The fourth-order valence-corrected chi connectivity index (χ4v) is 3.33. The van der Waals surface area contributed by atoms with Gasteiger partial charge in [0.2, 0.25) is 5.91 Å². The molecule has 1 atom stereocenters. The van der Waals surface area contributed by atoms with Crippen molar-refractivity contribution >= 4 is 44.4 Å². The van der Waals surface area contributed by atoms with Crippen LogP contribution in [-0.4, -0.2) is 28.4 Å². The van der Waals surface area contributed by atoms with Crippen LogP contribution in [0.4, 0.5) is 5.69 Å². The molecule has 1 saturated heterocycles. The number of nitrogens with zero attached hydrogens (tertiary/aromatic N) is 1. The Morgan fingerprint density at radius 1 is 1.55 bits per heavy atom. The van der Waals surface area contributed by atoms with Gasteiger partial charge in [0.1, 0.15) is 0 Å². The molecule has 1 heterocycles. The maximum atomic E-state index is 12.1. The van der Waals surface area contributed by atoms with Crippen molar-refractivity contribution in [3.05, 3.63) is 28.2 Å². The number of aliphatic hydroxyl groups excluding tert-OH is 1. The Kier molecular flexibility index (Phi) is 5.23. The fraction of sp³-hybridized carbons (Fsp3) is 0.429. The SMILES string of the molecule is CC(=O)SCC1CC(=O)N(c2cc(Br)ccc2CO)C1. The summed E-state index contributed by atoms with van der Waals surface area (Å²) in [6.07, 6.45) is 0.456. The fourth-order valence-electron chi connectivity index (χ4n) is 2.28. The zero-order valence-electron chi connectivity index (χ0n) is 11.1. The van der Waals surface area contributed by atoms with Crippen LogP contribution in [-0.2, 0) is 16.2 Å². The Bertz CT molecular complexity index is 535. The van der Waals surface area contributed by atoms with Gasteiger partial charge < -0.3 is 10.0 Å². The van der Waals surface area contributed by atoms with E-state index in [0.29, 0.717) is 18.7 Å². The summed E-state index contributed by atoms with van der Waals surface area (Å²) < 4.78 is 0.874. The highest BCUT2D eigenvalue weighted by molar-refractivity contribution is 9.10. The number of anilines is 1. The highest BCUT2D eigenvalue weighted by Gasteiger charge is 2.31. The number of carbonyl (C=O) groups excluding carboxylic acids is 2. The number of thioether (sulfide) groups is 1. The molecule has 20 heavy (non-hydrogen) atoms. The first kappa shape index (κ1) is 15.5. The van der Waals surface area contributed by atoms with E-state index in [4.69, 9.17) is 0 Å². The number of hydrogen-bond donors (Lipinski definition) is 1. The molecule has 1 aliphatic heterocycles. The minimum Gasteiger partial charge on any atom is -0.392 e. The van der Waals surface area contributed by atoms with Crippen LogP contribution in [0.15, 0.2) is 22.7 Å². The lowest BCUT2D eigenvalue weighted by molar-refractivity contribution is -0.117. The van der Waals surface area contributed by atoms with Crippen molar-refractivity contribution in [2.24, 2.45) is 5.92 Å². The first-order valence-corrected chi connectivity index (χ1v) is 8.12. The zero-order valence-corrected chi connectivity index (χ0v) is 13.5. The van der Waals surface area contributed by atoms with Crippen LogP contribution in [0, 0.1) is 5.92 Å². The van der Waals surface area contributed by atoms with Gasteiger partial charge in [-0.15, -0.1) is 0 Å². The number of aliphatic hydroxyl groups is 1. The lowest BCUT2D eigenvalue weighted by Gasteiger charge is -2.20. The molecule has 108 valence electrons. The topological polar surface area (TPSA) is 57.6 Å². The maximum absolute atomic E-state index is 12.1. The zero-order chi connectivity index (χ0) is 14.7. The first-order chi connectivity index (χ1) is 9.51. The standard InChI is InChI=1S/C14H16BrNO3S/c1-9(18)20-8-10-4-14(19)16(6-10)13-5-12(15)3-2-11(13)7-17/h2-3,5,10,17H,4,6-8H2,1H3. The highest BCUT2D eigenvalue weighted by atomic mass is 79.9. The Morgan fingerprint density at radius 3 is 2.95 bits per heavy atom. The lowest BCUT2D eigenvalue weighted by atomic mass is 10.1. The Labute approximate surface area is 130 Å². The Hall–Kier alpha value is -0.850. The van der Waals surface area contributed by atoms with Crippen LogP contribution in [0.1, 0.15) is 18.9 Å². The van der Waals surface area contributed by atoms with Gasteiger partial charge in [-0.1, -0.05) is 33.8 Å². The van der Waals surface area contributed by atoms with E-state index >= 15 is 0 Å². The van der Waals surface area contributed by atoms with Crippen LogP contribution >= 0.6 is 27.7 Å². The molecule has 0 aliphatic carbocycles. The molecule has 0 radical (unpaired) electrons. The van der Waals surface area contributed by atoms with Crippen LogP contribution < -0.4 is 4.90 Å². The van der Waals surface area contributed by atoms with Gasteiger partial charge in [-0.3, -0.25) is 9.59 Å². The monoisotopic (exact) mass is 357 g/mol. The van der Waals surface area contributed by atoms with Crippen molar-refractivity contribution < 1.29 is 14.7 Å². The summed E-state index contributed by atoms with van der Waals surface area (Å²) >= 11 is 4.65. The number of benzene rings is 1. The first-order valence-electron chi connectivity index (χ1n) is 6.34. The van der Waals surface area contributed by atoms with E-state index in [2.05, 4.69) is 15.9 Å². The molecular weight excluding hydrogens is 342 g/mol. The number of rotatable bonds is 4. The molecule has 1 N–H and O–H groups in total. The van der Waals surface area contributed by atoms with Gasteiger partial charge in [-0.2, -0.15) is 0 Å². The van der Waals surface area contributed by atoms with Crippen LogP contribution in [0.25, 0.3) is 0 Å². The largest absolute Gasteiger partial charge is 0.392 e. The number of carbonyl (C=O) groups is 2. The molecule has 0 saturated carbocycles. The van der Waals surface area contributed by atoms with Crippen molar-refractivity contribution in [3.63, 3.8) is 0 Å². The van der Waals surface area contributed by atoms with Gasteiger partial charge in [0, 0.05) is 35.7 Å². The van der Waals surface area contributed by atoms with Crippen molar-refractivity contribution in [1.29, 1.82) is 0 Å². The molecule has 1 aromatic carbocycles. The molecule has 4 nitrogen and oxygen atoms in total. The minimum atomic E-state index is -0.0980. The third-order valence-electron chi connectivity index (χ3n) is 3.24. The van der Waals surface area contributed by atoms with E-state index < -0.39 is 0 Å². The van der Waals surface area contributed by atoms with Gasteiger partial charge in [0.05, 0.1) is 12.3 Å². The third kappa shape index (κ3) is 3.62. The normalized spacial score (nSPS) is 18.6. The average molecular weight is 358 g/mol. The molecule has 0 bridgehead atoms. The summed E-state index contributed by atoms with van der Waals surface area (Å²) in [5.41, 5.74) is 1.49. The summed E-state index contributed by atoms with van der Waals surface area (Å²) in [6, 6.07) is 5.51. The van der Waals surface area contributed by atoms with Gasteiger partial charge in [0.15, 0.2) is 5.12 Å². The lowest BCUT2D eigenvalue weighted by Crippen LogP contribution is -2.26. The summed E-state index contributed by atoms with van der Waals surface area (Å²) in [5.74, 6) is 0.897. The van der Waals surface area contributed by atoms with Crippen molar-refractivity contribution in [1.82, 2.24) is 0 Å². The van der Waals surface area contributed by atoms with Gasteiger partial charge >= 0.3 is 0 Å². The predicted octanol–water partition coefficient (Wildman–Crippen LogP) is 2.57. The molecular formula is C14H16BrNO3S. The minimum absolute atomic E-state index is 0.0481. The molecule has 0 spiro atoms. The van der Waals surface area contributed by atoms with E-state index in [1.807, 2.05) is 18.2 Å². The third-order valence-corrected chi connectivity index (χ3v) is 4.77. The Balaban J connectivity index is 2.15. The van der Waals surface area contributed by atoms with E-state index in [1.54, 1.807) is 4.90 Å². The maximum Gasteiger partial charge on any atom is 0.227 e. The second-order valence-corrected chi connectivity index (χ2v) is 6.92. The number of amides is 1. The molecule has 1 aliphatic rings. The van der Waals surface area contributed by atoms with Gasteiger partial charge in [0.25, 0.3) is 0 Å². The molecule has 6 heteroatoms. The molecule has 1 fully saturated rings. The average Bonchev–Trinajstić information content (AvgIpc) is 2.77. The highest BCUT2D eigenvalue weighted by Crippen LogP contribution is 2.32. The van der Waals surface area contributed by atoms with Crippen LogP contribution in [0.3, 0.4) is 0 Å². The second-order valence-electron chi connectivity index (χ2n) is 4.81. The van der Waals surface area contributed by atoms with Crippen molar-refractivity contribution in [3.8, 4) is 0 Å². The number of halogens is 1. The predicted molar refractivity (Wildman–Crippen MR) is 83.7 cm³/mol. The van der Waals surface area contributed by atoms with E-state index in [1.165, 1.54) is 18.7 Å². The summed E-state index contributed by atoms with van der Waals surface area (Å²) in [6.45, 7) is 2.04. The summed E-state index contributed by atoms with van der Waals surface area (Å²) in [7, 11) is 0. The molecule has 1 aromatic rings. The smallest absolute Gasteiger partial charge is 0.227 e. The van der Waals surface area contributed by atoms with Crippen LogP contribution in [0.5, 0.6) is 0 Å². The van der Waals surface area contributed by atoms with Gasteiger partial charge in [-0.25, -0.2) is 0 Å². The van der Waals surface area contributed by atoms with Crippen LogP contribution in [0.2, 0.25) is 0 Å². The van der Waals surface area contributed by atoms with E-state index in [-0.39, 0.29) is 23.5 Å². The van der Waals surface area contributed by atoms with Crippen molar-refractivity contribution in [2.45, 2.75) is 20.0 Å². The molecule has 1 amide bonds.